The zero-order valence-electron chi connectivity index (χ0n) is 17.4. The van der Waals surface area contributed by atoms with Crippen LogP contribution >= 0.6 is 0 Å². The lowest BCUT2D eigenvalue weighted by molar-refractivity contribution is 0.0958. The third kappa shape index (κ3) is 4.34. The van der Waals surface area contributed by atoms with Gasteiger partial charge in [0.25, 0.3) is 16.8 Å². The van der Waals surface area contributed by atoms with E-state index in [-0.39, 0.29) is 23.0 Å². The summed E-state index contributed by atoms with van der Waals surface area (Å²) in [6.45, 7) is 1.97. The predicted molar refractivity (Wildman–Crippen MR) is 123 cm³/mol. The van der Waals surface area contributed by atoms with Crippen molar-refractivity contribution < 1.29 is 9.53 Å². The largest absolute Gasteiger partial charge is 0.457 e. The summed E-state index contributed by atoms with van der Waals surface area (Å²) in [6, 6.07) is 17.6. The third-order valence-electron chi connectivity index (χ3n) is 4.78. The molecule has 0 bridgehead atoms. The van der Waals surface area contributed by atoms with E-state index in [4.69, 9.17) is 4.74 Å². The van der Waals surface area contributed by atoms with Gasteiger partial charge in [0.15, 0.2) is 0 Å². The molecule has 1 heterocycles. The number of hydrogen-bond acceptors (Lipinski definition) is 7. The average Bonchev–Trinajstić information content (AvgIpc) is 2.83. The Morgan fingerprint density at radius 3 is 1.94 bits per heavy atom. The van der Waals surface area contributed by atoms with E-state index in [2.05, 4.69) is 20.9 Å². The molecular weight excluding hydrogens is 408 g/mol. The highest BCUT2D eigenvalue weighted by Crippen LogP contribution is 2.27. The fraction of sp³-hybridized carbons (Fsp3) is 0.0833. The molecule has 3 aromatic carbocycles. The molecule has 0 unspecified atom stereocenters. The summed E-state index contributed by atoms with van der Waals surface area (Å²) in [5.41, 5.74) is 2.01. The van der Waals surface area contributed by atoms with Crippen LogP contribution < -0.4 is 31.5 Å². The number of anilines is 4. The summed E-state index contributed by atoms with van der Waals surface area (Å²) >= 11 is 0. The number of aryl methyl sites for hydroxylation is 1. The van der Waals surface area contributed by atoms with Crippen LogP contribution in [0.2, 0.25) is 0 Å². The van der Waals surface area contributed by atoms with E-state index in [0.29, 0.717) is 17.2 Å². The summed E-state index contributed by atoms with van der Waals surface area (Å²) < 4.78 is 5.77. The number of pyridine rings is 1. The predicted octanol–water partition coefficient (Wildman–Crippen LogP) is 3.63. The highest BCUT2D eigenvalue weighted by atomic mass is 16.5. The lowest BCUT2D eigenvalue weighted by Gasteiger charge is -2.15. The first-order valence-corrected chi connectivity index (χ1v) is 9.84. The zero-order valence-corrected chi connectivity index (χ0v) is 17.4. The van der Waals surface area contributed by atoms with Gasteiger partial charge in [-0.25, -0.2) is 0 Å². The molecule has 0 saturated heterocycles. The van der Waals surface area contributed by atoms with Gasteiger partial charge in [-0.2, -0.15) is 0 Å². The first-order valence-electron chi connectivity index (χ1n) is 9.84. The fourth-order valence-corrected chi connectivity index (χ4v) is 3.03. The van der Waals surface area contributed by atoms with Gasteiger partial charge in [-0.15, -0.1) is 0 Å². The SMILES string of the molecule is CNC(=O)c1cc(Oc2ccc(Nc3c(Nc4ccc(C)cc4)c(=O)c3=O)cc2)ccn1. The topological polar surface area (TPSA) is 109 Å². The van der Waals surface area contributed by atoms with Gasteiger partial charge in [-0.05, 0) is 49.4 Å². The fourth-order valence-electron chi connectivity index (χ4n) is 3.03. The minimum absolute atomic E-state index is 0.216. The Balaban J connectivity index is 1.46. The second-order valence-corrected chi connectivity index (χ2v) is 7.11. The molecule has 3 N–H and O–H groups in total. The van der Waals surface area contributed by atoms with Gasteiger partial charge in [-0.3, -0.25) is 19.4 Å². The second-order valence-electron chi connectivity index (χ2n) is 7.11. The van der Waals surface area contributed by atoms with E-state index in [0.717, 1.165) is 11.3 Å². The first kappa shape index (κ1) is 20.8. The van der Waals surface area contributed by atoms with E-state index >= 15 is 0 Å². The summed E-state index contributed by atoms with van der Waals surface area (Å²) in [5, 5.41) is 8.50. The quantitative estimate of drug-likeness (QED) is 0.386. The molecule has 0 atom stereocenters. The molecule has 0 radical (unpaired) electrons. The molecule has 1 aromatic heterocycles. The molecule has 0 saturated carbocycles. The van der Waals surface area contributed by atoms with Crippen LogP contribution in [0, 0.1) is 6.92 Å². The Kier molecular flexibility index (Phi) is 5.67. The van der Waals surface area contributed by atoms with Gasteiger partial charge >= 0.3 is 0 Å². The van der Waals surface area contributed by atoms with Gasteiger partial charge in [-0.1, -0.05) is 17.7 Å². The molecule has 160 valence electrons. The van der Waals surface area contributed by atoms with Crippen molar-refractivity contribution in [2.24, 2.45) is 0 Å². The van der Waals surface area contributed by atoms with Gasteiger partial charge in [0.1, 0.15) is 28.6 Å². The highest BCUT2D eigenvalue weighted by Gasteiger charge is 2.21. The number of amides is 1. The normalized spacial score (nSPS) is 10.6. The number of benzene rings is 2. The maximum absolute atomic E-state index is 12.1. The van der Waals surface area contributed by atoms with Crippen molar-refractivity contribution in [3.8, 4) is 11.5 Å². The molecular formula is C24H20N4O4. The monoisotopic (exact) mass is 428 g/mol. The van der Waals surface area contributed by atoms with E-state index in [1.165, 1.54) is 19.3 Å². The lowest BCUT2D eigenvalue weighted by atomic mass is 10.1. The minimum Gasteiger partial charge on any atom is -0.457 e. The molecule has 0 aliphatic heterocycles. The van der Waals surface area contributed by atoms with Crippen LogP contribution in [-0.4, -0.2) is 17.9 Å². The van der Waals surface area contributed by atoms with E-state index in [1.54, 1.807) is 30.3 Å². The molecule has 0 aliphatic carbocycles. The summed E-state index contributed by atoms with van der Waals surface area (Å²) in [7, 11) is 1.53. The van der Waals surface area contributed by atoms with Crippen molar-refractivity contribution >= 4 is 28.7 Å². The smallest absolute Gasteiger partial charge is 0.269 e. The number of nitrogens with one attached hydrogen (secondary N) is 3. The Labute approximate surface area is 183 Å². The summed E-state index contributed by atoms with van der Waals surface area (Å²) in [5.74, 6) is 0.692. The number of rotatable bonds is 7. The second kappa shape index (κ2) is 8.73. The van der Waals surface area contributed by atoms with Gasteiger partial charge in [0.05, 0.1) is 0 Å². The standard InChI is InChI=1S/C24H20N4O4/c1-14-3-5-15(6-4-14)27-20-21(23(30)22(20)29)28-16-7-9-17(10-8-16)32-18-11-12-26-19(13-18)24(31)25-2/h3-13,27-28H,1-2H3,(H,25,31). The Bertz CT molecular complexity index is 1340. The number of aromatic nitrogens is 1. The summed E-state index contributed by atoms with van der Waals surface area (Å²) in [6.07, 6.45) is 1.49. The van der Waals surface area contributed by atoms with Crippen molar-refractivity contribution in [3.05, 3.63) is 98.6 Å². The lowest BCUT2D eigenvalue weighted by Crippen LogP contribution is -2.35. The number of carbonyl (C=O) groups excluding carboxylic acids is 1. The first-order chi connectivity index (χ1) is 15.4. The number of nitrogens with zero attached hydrogens (tertiary/aromatic N) is 1. The third-order valence-corrected chi connectivity index (χ3v) is 4.78. The van der Waals surface area contributed by atoms with Gasteiger partial charge in [0, 0.05) is 30.7 Å². The van der Waals surface area contributed by atoms with Gasteiger partial charge in [0.2, 0.25) is 0 Å². The number of carbonyl (C=O) groups is 1. The molecule has 1 amide bonds. The maximum Gasteiger partial charge on any atom is 0.269 e. The molecule has 32 heavy (non-hydrogen) atoms. The van der Waals surface area contributed by atoms with Crippen molar-refractivity contribution in [2.75, 3.05) is 17.7 Å². The van der Waals surface area contributed by atoms with Crippen LogP contribution in [0.5, 0.6) is 11.5 Å². The van der Waals surface area contributed by atoms with E-state index in [1.807, 2.05) is 31.2 Å². The van der Waals surface area contributed by atoms with E-state index in [9.17, 15) is 14.4 Å². The minimum atomic E-state index is -0.571. The van der Waals surface area contributed by atoms with Gasteiger partial charge < -0.3 is 20.7 Å². The van der Waals surface area contributed by atoms with Crippen molar-refractivity contribution in [2.45, 2.75) is 6.92 Å². The maximum atomic E-state index is 12.1. The van der Waals surface area contributed by atoms with Crippen molar-refractivity contribution in [1.82, 2.24) is 10.3 Å². The number of hydrogen-bond donors (Lipinski definition) is 3. The van der Waals surface area contributed by atoms with Crippen LogP contribution in [0.4, 0.5) is 22.7 Å². The molecule has 8 nitrogen and oxygen atoms in total. The Morgan fingerprint density at radius 1 is 0.812 bits per heavy atom. The molecule has 0 fully saturated rings. The molecule has 0 aliphatic rings. The van der Waals surface area contributed by atoms with E-state index < -0.39 is 10.9 Å². The van der Waals surface area contributed by atoms with Crippen LogP contribution in [-0.2, 0) is 0 Å². The number of ether oxygens (including phenoxy) is 1. The van der Waals surface area contributed by atoms with Crippen LogP contribution in [0.3, 0.4) is 0 Å². The highest BCUT2D eigenvalue weighted by molar-refractivity contribution is 5.92. The molecule has 4 rings (SSSR count). The molecule has 4 aromatic rings. The van der Waals surface area contributed by atoms with Crippen molar-refractivity contribution in [1.29, 1.82) is 0 Å². The average molecular weight is 428 g/mol. The van der Waals surface area contributed by atoms with Crippen molar-refractivity contribution in [3.63, 3.8) is 0 Å². The molecule has 0 spiro atoms. The van der Waals surface area contributed by atoms with Crippen LogP contribution in [0.25, 0.3) is 0 Å². The zero-order chi connectivity index (χ0) is 22.7. The molecule has 8 heteroatoms. The Hall–Kier alpha value is -4.46. The summed E-state index contributed by atoms with van der Waals surface area (Å²) in [4.78, 5) is 39.8. The van der Waals surface area contributed by atoms with Crippen LogP contribution in [0.1, 0.15) is 16.1 Å². The Morgan fingerprint density at radius 2 is 1.38 bits per heavy atom. The van der Waals surface area contributed by atoms with Crippen LogP contribution in [0.15, 0.2) is 76.4 Å².